The highest BCUT2D eigenvalue weighted by Crippen LogP contribution is 2.10. The van der Waals surface area contributed by atoms with Crippen LogP contribution in [0.3, 0.4) is 0 Å². The minimum atomic E-state index is -3.14. The predicted molar refractivity (Wildman–Crippen MR) is 45.3 cm³/mol. The molecule has 0 saturated carbocycles. The highest BCUT2D eigenvalue weighted by atomic mass is 32.2. The van der Waals surface area contributed by atoms with Crippen molar-refractivity contribution in [1.82, 2.24) is 4.31 Å². The van der Waals surface area contributed by atoms with Crippen LogP contribution in [-0.2, 0) is 14.8 Å². The Balaban J connectivity index is 2.70. The number of nitrogens with zero attached hydrogens (tertiary/aromatic N) is 1. The van der Waals surface area contributed by atoms with Gasteiger partial charge >= 0.3 is 0 Å². The first-order chi connectivity index (χ1) is 5.56. The summed E-state index contributed by atoms with van der Waals surface area (Å²) in [7, 11) is -3.14. The zero-order valence-electron chi connectivity index (χ0n) is 7.12. The van der Waals surface area contributed by atoms with E-state index in [0.29, 0.717) is 19.4 Å². The maximum Gasteiger partial charge on any atom is 0.214 e. The van der Waals surface area contributed by atoms with E-state index in [1.165, 1.54) is 4.31 Å². The maximum absolute atomic E-state index is 11.3. The third-order valence-corrected chi connectivity index (χ3v) is 3.80. The average Bonchev–Trinajstić information content (AvgIpc) is 2.05. The molecule has 1 aliphatic heterocycles. The molecule has 1 heterocycles. The van der Waals surface area contributed by atoms with Crippen molar-refractivity contribution >= 4 is 15.8 Å². The van der Waals surface area contributed by atoms with Crippen LogP contribution in [0.15, 0.2) is 0 Å². The van der Waals surface area contributed by atoms with Gasteiger partial charge in [-0.3, -0.25) is 4.79 Å². The highest BCUT2D eigenvalue weighted by molar-refractivity contribution is 7.89. The van der Waals surface area contributed by atoms with Gasteiger partial charge in [-0.1, -0.05) is 0 Å². The number of carbonyl (C=O) groups excluding carboxylic acids is 1. The summed E-state index contributed by atoms with van der Waals surface area (Å²) < 4.78 is 23.8. The molecule has 0 N–H and O–H groups in total. The molecule has 1 fully saturated rings. The molecule has 1 aliphatic rings. The van der Waals surface area contributed by atoms with Crippen molar-refractivity contribution in [2.24, 2.45) is 0 Å². The summed E-state index contributed by atoms with van der Waals surface area (Å²) in [4.78, 5) is 10.9. The molecule has 0 unspecified atom stereocenters. The molecule has 0 bridgehead atoms. The fraction of sp³-hybridized carbons (Fsp3) is 0.857. The van der Waals surface area contributed by atoms with Crippen LogP contribution >= 0.6 is 0 Å². The molecular weight excluding hydrogens is 178 g/mol. The molecule has 0 aromatic heterocycles. The molecule has 0 aromatic rings. The van der Waals surface area contributed by atoms with Gasteiger partial charge in [-0.25, -0.2) is 8.42 Å². The highest BCUT2D eigenvalue weighted by Gasteiger charge is 2.25. The first kappa shape index (κ1) is 9.67. The normalized spacial score (nSPS) is 21.2. The number of hydrogen-bond donors (Lipinski definition) is 0. The van der Waals surface area contributed by atoms with E-state index in [0.717, 1.165) is 0 Å². The summed E-state index contributed by atoms with van der Waals surface area (Å²) in [6.45, 7) is 2.17. The lowest BCUT2D eigenvalue weighted by atomic mass is 10.1. The van der Waals surface area contributed by atoms with E-state index in [1.54, 1.807) is 6.92 Å². The average molecular weight is 191 g/mol. The summed E-state index contributed by atoms with van der Waals surface area (Å²) in [5, 5.41) is 0. The van der Waals surface area contributed by atoms with Crippen molar-refractivity contribution in [2.45, 2.75) is 19.8 Å². The number of carbonyl (C=O) groups is 1. The zero-order valence-corrected chi connectivity index (χ0v) is 7.93. The van der Waals surface area contributed by atoms with Gasteiger partial charge in [0, 0.05) is 13.0 Å². The lowest BCUT2D eigenvalue weighted by Crippen LogP contribution is -2.40. The number of piperidine rings is 1. The molecule has 0 amide bonds. The van der Waals surface area contributed by atoms with Crippen molar-refractivity contribution in [3.05, 3.63) is 0 Å². The number of sulfonamides is 1. The fourth-order valence-corrected chi connectivity index (χ4v) is 2.34. The van der Waals surface area contributed by atoms with Crippen LogP contribution in [0.5, 0.6) is 0 Å². The SMILES string of the molecule is CCS(=O)(=O)N1CCCC(=O)C1. The van der Waals surface area contributed by atoms with Crippen LogP contribution in [0.25, 0.3) is 0 Å². The van der Waals surface area contributed by atoms with E-state index in [9.17, 15) is 13.2 Å². The predicted octanol–water partition coefficient (Wildman–Crippen LogP) is 0.00100. The third kappa shape index (κ3) is 2.04. The zero-order chi connectivity index (χ0) is 9.19. The van der Waals surface area contributed by atoms with Crippen LogP contribution in [-0.4, -0.2) is 37.3 Å². The van der Waals surface area contributed by atoms with E-state index in [2.05, 4.69) is 0 Å². The minimum Gasteiger partial charge on any atom is -0.298 e. The van der Waals surface area contributed by atoms with Crippen molar-refractivity contribution in [1.29, 1.82) is 0 Å². The van der Waals surface area contributed by atoms with E-state index in [-0.39, 0.29) is 18.1 Å². The maximum atomic E-state index is 11.3. The summed E-state index contributed by atoms with van der Waals surface area (Å²) in [6, 6.07) is 0. The summed E-state index contributed by atoms with van der Waals surface area (Å²) in [5.41, 5.74) is 0. The molecule has 1 saturated heterocycles. The monoisotopic (exact) mass is 191 g/mol. The molecule has 0 aliphatic carbocycles. The lowest BCUT2D eigenvalue weighted by molar-refractivity contribution is -0.120. The molecule has 0 spiro atoms. The Morgan fingerprint density at radius 2 is 2.17 bits per heavy atom. The topological polar surface area (TPSA) is 54.5 Å². The molecule has 0 radical (unpaired) electrons. The largest absolute Gasteiger partial charge is 0.298 e. The number of hydrogen-bond acceptors (Lipinski definition) is 3. The Hall–Kier alpha value is -0.420. The summed E-state index contributed by atoms with van der Waals surface area (Å²) in [5.74, 6) is 0.110. The van der Waals surface area contributed by atoms with Gasteiger partial charge in [-0.15, -0.1) is 0 Å². The van der Waals surface area contributed by atoms with E-state index < -0.39 is 10.0 Å². The van der Waals surface area contributed by atoms with Crippen molar-refractivity contribution in [3.63, 3.8) is 0 Å². The Kier molecular flexibility index (Phi) is 2.85. The molecular formula is C7H13NO3S. The first-order valence-electron chi connectivity index (χ1n) is 4.06. The Bertz CT molecular complexity index is 270. The van der Waals surface area contributed by atoms with Gasteiger partial charge in [0.2, 0.25) is 10.0 Å². The fourth-order valence-electron chi connectivity index (χ4n) is 1.23. The van der Waals surface area contributed by atoms with Crippen LogP contribution < -0.4 is 0 Å². The van der Waals surface area contributed by atoms with Gasteiger partial charge in [-0.05, 0) is 13.3 Å². The number of Topliss-reactive ketones (excluding diaryl/α,β-unsaturated/α-hetero) is 1. The second kappa shape index (κ2) is 3.53. The summed E-state index contributed by atoms with van der Waals surface area (Å²) in [6.07, 6.45) is 1.19. The van der Waals surface area contributed by atoms with Crippen molar-refractivity contribution in [3.8, 4) is 0 Å². The Morgan fingerprint density at radius 3 is 2.67 bits per heavy atom. The molecule has 70 valence electrons. The minimum absolute atomic E-state index is 0.0262. The second-order valence-corrected chi connectivity index (χ2v) is 5.13. The van der Waals surface area contributed by atoms with Crippen molar-refractivity contribution in [2.75, 3.05) is 18.8 Å². The van der Waals surface area contributed by atoms with Crippen LogP contribution in [0.1, 0.15) is 19.8 Å². The quantitative estimate of drug-likeness (QED) is 0.617. The molecule has 4 nitrogen and oxygen atoms in total. The molecule has 1 rings (SSSR count). The van der Waals surface area contributed by atoms with Crippen LogP contribution in [0.4, 0.5) is 0 Å². The van der Waals surface area contributed by atoms with Gasteiger partial charge in [0.15, 0.2) is 0 Å². The van der Waals surface area contributed by atoms with E-state index in [1.807, 2.05) is 0 Å². The van der Waals surface area contributed by atoms with Gasteiger partial charge < -0.3 is 0 Å². The standard InChI is InChI=1S/C7H13NO3S/c1-2-12(10,11)8-5-3-4-7(9)6-8/h2-6H2,1H3. The smallest absolute Gasteiger partial charge is 0.214 e. The van der Waals surface area contributed by atoms with Gasteiger partial charge in [0.05, 0.1) is 12.3 Å². The number of ketones is 1. The summed E-state index contributed by atoms with van der Waals surface area (Å²) >= 11 is 0. The van der Waals surface area contributed by atoms with Gasteiger partial charge in [-0.2, -0.15) is 4.31 Å². The van der Waals surface area contributed by atoms with Crippen molar-refractivity contribution < 1.29 is 13.2 Å². The van der Waals surface area contributed by atoms with Gasteiger partial charge in [0.1, 0.15) is 5.78 Å². The van der Waals surface area contributed by atoms with Gasteiger partial charge in [0.25, 0.3) is 0 Å². The Labute approximate surface area is 72.6 Å². The Morgan fingerprint density at radius 1 is 1.50 bits per heavy atom. The van der Waals surface area contributed by atoms with Crippen LogP contribution in [0.2, 0.25) is 0 Å². The molecule has 0 atom stereocenters. The second-order valence-electron chi connectivity index (χ2n) is 2.88. The third-order valence-electron chi connectivity index (χ3n) is 1.97. The molecule has 0 aromatic carbocycles. The van der Waals surface area contributed by atoms with E-state index in [4.69, 9.17) is 0 Å². The van der Waals surface area contributed by atoms with E-state index >= 15 is 0 Å². The lowest BCUT2D eigenvalue weighted by Gasteiger charge is -2.24. The van der Waals surface area contributed by atoms with Crippen LogP contribution in [0, 0.1) is 0 Å². The first-order valence-corrected chi connectivity index (χ1v) is 5.66. The molecule has 5 heteroatoms. The molecule has 12 heavy (non-hydrogen) atoms. The number of rotatable bonds is 2.